The van der Waals surface area contributed by atoms with Gasteiger partial charge in [0.15, 0.2) is 0 Å². The van der Waals surface area contributed by atoms with Crippen LogP contribution in [0.4, 0.5) is 26.7 Å². The highest BCUT2D eigenvalue weighted by atomic mass is 19.2. The van der Waals surface area contributed by atoms with Crippen LogP contribution in [-0.4, -0.2) is 24.8 Å². The van der Waals surface area contributed by atoms with Crippen molar-refractivity contribution in [3.63, 3.8) is 0 Å². The molecule has 2 rings (SSSR count). The minimum atomic E-state index is -2.38. The third kappa shape index (κ3) is 4.86. The molecule has 1 aromatic carbocycles. The van der Waals surface area contributed by atoms with Crippen LogP contribution in [-0.2, 0) is 14.3 Å². The van der Waals surface area contributed by atoms with Crippen LogP contribution in [0.15, 0.2) is 12.7 Å². The van der Waals surface area contributed by atoms with Gasteiger partial charge in [-0.3, -0.25) is 4.79 Å². The number of benzene rings is 1. The molecule has 29 heavy (non-hydrogen) atoms. The van der Waals surface area contributed by atoms with E-state index >= 15 is 0 Å². The topological polar surface area (TPSA) is 61.8 Å². The van der Waals surface area contributed by atoms with Crippen LogP contribution < -0.4 is 4.74 Å². The number of hydrogen-bond donors (Lipinski definition) is 0. The summed E-state index contributed by atoms with van der Waals surface area (Å²) in [6, 6.07) is 0. The van der Waals surface area contributed by atoms with Crippen molar-refractivity contribution in [2.24, 2.45) is 17.8 Å². The van der Waals surface area contributed by atoms with Gasteiger partial charge in [0.2, 0.25) is 34.8 Å². The first kappa shape index (κ1) is 22.6. The summed E-state index contributed by atoms with van der Waals surface area (Å²) in [5.41, 5.74) is 0. The molecule has 4 unspecified atom stereocenters. The predicted molar refractivity (Wildman–Crippen MR) is 89.3 cm³/mol. The largest absolute Gasteiger partial charge is 0.514 e. The zero-order valence-corrected chi connectivity index (χ0v) is 15.6. The summed E-state index contributed by atoms with van der Waals surface area (Å²) in [4.78, 5) is 23.5. The van der Waals surface area contributed by atoms with Gasteiger partial charge in [0.05, 0.1) is 12.5 Å². The third-order valence-electron chi connectivity index (χ3n) is 4.77. The van der Waals surface area contributed by atoms with Gasteiger partial charge in [-0.15, -0.1) is 0 Å². The van der Waals surface area contributed by atoms with E-state index in [2.05, 4.69) is 11.3 Å². The molecule has 1 aliphatic carbocycles. The molecule has 0 spiro atoms. The van der Waals surface area contributed by atoms with Crippen molar-refractivity contribution in [1.82, 2.24) is 0 Å². The van der Waals surface area contributed by atoms with Gasteiger partial charge >= 0.3 is 12.1 Å². The van der Waals surface area contributed by atoms with Crippen LogP contribution in [0.1, 0.15) is 26.7 Å². The molecule has 0 amide bonds. The van der Waals surface area contributed by atoms with Gasteiger partial charge in [0, 0.05) is 0 Å². The molecule has 0 aliphatic heterocycles. The Morgan fingerprint density at radius 1 is 1.07 bits per heavy atom. The molecule has 0 radical (unpaired) electrons. The lowest BCUT2D eigenvalue weighted by Crippen LogP contribution is -2.21. The smallest absolute Gasteiger partial charge is 0.466 e. The van der Waals surface area contributed by atoms with Gasteiger partial charge in [-0.05, 0) is 31.6 Å². The zero-order valence-electron chi connectivity index (χ0n) is 15.6. The van der Waals surface area contributed by atoms with Crippen LogP contribution in [0.25, 0.3) is 0 Å². The Morgan fingerprint density at radius 2 is 1.62 bits per heavy atom. The molecule has 10 heteroatoms. The van der Waals surface area contributed by atoms with E-state index in [1.54, 1.807) is 6.92 Å². The van der Waals surface area contributed by atoms with Crippen LogP contribution in [0.3, 0.4) is 0 Å². The van der Waals surface area contributed by atoms with E-state index in [0.29, 0.717) is 6.42 Å². The van der Waals surface area contributed by atoms with Gasteiger partial charge in [-0.2, -0.15) is 8.78 Å². The van der Waals surface area contributed by atoms with Crippen molar-refractivity contribution in [3.8, 4) is 5.75 Å². The van der Waals surface area contributed by atoms with Crippen LogP contribution in [0.5, 0.6) is 5.75 Å². The minimum Gasteiger partial charge on any atom is -0.466 e. The number of esters is 1. The molecule has 5 nitrogen and oxygen atoms in total. The molecule has 0 heterocycles. The van der Waals surface area contributed by atoms with E-state index in [0.717, 1.165) is 0 Å². The Balaban J connectivity index is 1.95. The lowest BCUT2D eigenvalue weighted by atomic mass is 10.1. The number of carbonyl (C=O) groups is 2. The number of ether oxygens (including phenoxy) is 3. The van der Waals surface area contributed by atoms with E-state index < -0.39 is 47.1 Å². The molecular weight excluding hydrogens is 403 g/mol. The normalized spacial score (nSPS) is 21.3. The lowest BCUT2D eigenvalue weighted by Gasteiger charge is -2.14. The molecule has 1 aliphatic rings. The molecule has 0 saturated heterocycles. The predicted octanol–water partition coefficient (Wildman–Crippen LogP) is 4.68. The van der Waals surface area contributed by atoms with Gasteiger partial charge in [-0.1, -0.05) is 19.6 Å². The second-order valence-electron chi connectivity index (χ2n) is 6.52. The fraction of sp³-hybridized carbons (Fsp3) is 0.474. The molecule has 1 aromatic rings. The molecular formula is C19H19F5O5. The number of carbonyl (C=O) groups excluding carboxylic acids is 2. The molecule has 4 atom stereocenters. The van der Waals surface area contributed by atoms with Crippen LogP contribution in [0, 0.1) is 46.8 Å². The summed E-state index contributed by atoms with van der Waals surface area (Å²) in [7, 11) is 0. The highest BCUT2D eigenvalue weighted by Crippen LogP contribution is 2.49. The summed E-state index contributed by atoms with van der Waals surface area (Å²) in [6.07, 6.45) is -0.743. The average Bonchev–Trinajstić information content (AvgIpc) is 3.35. The van der Waals surface area contributed by atoms with Gasteiger partial charge in [0.25, 0.3) is 0 Å². The molecule has 0 bridgehead atoms. The van der Waals surface area contributed by atoms with Crippen LogP contribution >= 0.6 is 0 Å². The van der Waals surface area contributed by atoms with E-state index in [4.69, 9.17) is 9.47 Å². The standard InChI is InChI=1S/C19H19F5O5/c1-4-9(6-7-10-8(3)11(10)18(25)27-5-2)28-19(26)29-17-15(23)13(21)12(20)14(22)16(17)24/h4,8-11H,1,5-7H2,2-3H3. The first-order valence-corrected chi connectivity index (χ1v) is 8.83. The van der Waals surface area contributed by atoms with Crippen molar-refractivity contribution in [2.75, 3.05) is 6.61 Å². The van der Waals surface area contributed by atoms with Gasteiger partial charge in [0.1, 0.15) is 6.10 Å². The molecule has 1 fully saturated rings. The zero-order chi connectivity index (χ0) is 21.9. The number of hydrogen-bond acceptors (Lipinski definition) is 5. The number of rotatable bonds is 8. The highest BCUT2D eigenvalue weighted by Gasteiger charge is 2.52. The van der Waals surface area contributed by atoms with Crippen molar-refractivity contribution < 1.29 is 45.8 Å². The molecule has 0 aromatic heterocycles. The second kappa shape index (κ2) is 9.23. The highest BCUT2D eigenvalue weighted by molar-refractivity contribution is 5.76. The Labute approximate surface area is 163 Å². The first-order valence-electron chi connectivity index (χ1n) is 8.83. The van der Waals surface area contributed by atoms with Gasteiger partial charge in [-0.25, -0.2) is 18.0 Å². The molecule has 160 valence electrons. The van der Waals surface area contributed by atoms with Crippen molar-refractivity contribution in [2.45, 2.75) is 32.8 Å². The Morgan fingerprint density at radius 3 is 2.14 bits per heavy atom. The lowest BCUT2D eigenvalue weighted by molar-refractivity contribution is -0.145. The third-order valence-corrected chi connectivity index (χ3v) is 4.77. The fourth-order valence-corrected chi connectivity index (χ4v) is 3.10. The monoisotopic (exact) mass is 422 g/mol. The van der Waals surface area contributed by atoms with E-state index in [9.17, 15) is 31.5 Å². The van der Waals surface area contributed by atoms with E-state index in [1.807, 2.05) is 6.92 Å². The Bertz CT molecular complexity index is 784. The van der Waals surface area contributed by atoms with E-state index in [-0.39, 0.29) is 36.8 Å². The summed E-state index contributed by atoms with van der Waals surface area (Å²) in [5, 5.41) is 0. The fourth-order valence-electron chi connectivity index (χ4n) is 3.10. The van der Waals surface area contributed by atoms with Gasteiger partial charge < -0.3 is 14.2 Å². The summed E-state index contributed by atoms with van der Waals surface area (Å²) >= 11 is 0. The second-order valence-corrected chi connectivity index (χ2v) is 6.52. The molecule has 1 saturated carbocycles. The van der Waals surface area contributed by atoms with Crippen LogP contribution in [0.2, 0.25) is 0 Å². The Kier molecular flexibility index (Phi) is 7.21. The Hall–Kier alpha value is -2.65. The number of halogens is 5. The maximum absolute atomic E-state index is 13.6. The first-order chi connectivity index (χ1) is 13.6. The summed E-state index contributed by atoms with van der Waals surface area (Å²) in [6.45, 7) is 7.28. The average molecular weight is 422 g/mol. The maximum atomic E-state index is 13.6. The summed E-state index contributed by atoms with van der Waals surface area (Å²) < 4.78 is 80.3. The maximum Gasteiger partial charge on any atom is 0.514 e. The quantitative estimate of drug-likeness (QED) is 0.152. The van der Waals surface area contributed by atoms with Crippen molar-refractivity contribution in [1.29, 1.82) is 0 Å². The SMILES string of the molecule is C=CC(CCC1C(C)C1C(=O)OCC)OC(=O)Oc1c(F)c(F)c(F)c(F)c1F. The molecule has 0 N–H and O–H groups in total. The van der Waals surface area contributed by atoms with E-state index in [1.165, 1.54) is 6.08 Å². The summed E-state index contributed by atoms with van der Waals surface area (Å²) in [5.74, 6) is -13.7. The minimum absolute atomic E-state index is 0.00583. The van der Waals surface area contributed by atoms with Crippen molar-refractivity contribution in [3.05, 3.63) is 41.7 Å². The van der Waals surface area contributed by atoms with Crippen molar-refractivity contribution >= 4 is 12.1 Å².